The zero-order chi connectivity index (χ0) is 16.8. The van der Waals surface area contributed by atoms with Crippen molar-refractivity contribution in [3.05, 3.63) is 16.8 Å². The summed E-state index contributed by atoms with van der Waals surface area (Å²) in [6.07, 6.45) is -1.96. The minimum Gasteiger partial charge on any atom is -0.394 e. The molecule has 2 aromatic heterocycles. The molecule has 0 spiro atoms. The summed E-state index contributed by atoms with van der Waals surface area (Å²) in [4.78, 5) is 11.3. The first-order valence-electron chi connectivity index (χ1n) is 6.96. The maximum atomic E-state index is 10.8. The van der Waals surface area contributed by atoms with Crippen LogP contribution in [-0.2, 0) is 4.74 Å². The van der Waals surface area contributed by atoms with E-state index >= 15 is 0 Å². The van der Waals surface area contributed by atoms with E-state index in [-0.39, 0.29) is 0 Å². The Morgan fingerprint density at radius 2 is 2.30 bits per heavy atom. The fraction of sp³-hybridized carbons (Fsp3) is 0.500. The minimum absolute atomic E-state index is 0.317. The number of aromatic amines is 1. The Hall–Kier alpha value is -1.83. The van der Waals surface area contributed by atoms with Gasteiger partial charge in [0.15, 0.2) is 16.5 Å². The molecule has 3 heterocycles. The van der Waals surface area contributed by atoms with Gasteiger partial charge in [0.1, 0.15) is 29.2 Å². The van der Waals surface area contributed by atoms with Crippen molar-refractivity contribution in [2.24, 2.45) is 0 Å². The van der Waals surface area contributed by atoms with Crippen LogP contribution in [0.5, 0.6) is 0 Å². The molecule has 0 saturated carbocycles. The van der Waals surface area contributed by atoms with Gasteiger partial charge in [0.05, 0.1) is 12.9 Å². The predicted molar refractivity (Wildman–Crippen MR) is 82.9 cm³/mol. The summed E-state index contributed by atoms with van der Waals surface area (Å²) in [5.74, 6) is 5.75. The summed E-state index contributed by atoms with van der Waals surface area (Å²) in [7, 11) is 0. The number of aromatic nitrogens is 4. The minimum atomic E-state index is -1.89. The van der Waals surface area contributed by atoms with Crippen LogP contribution in [-0.4, -0.2) is 59.3 Å². The molecule has 0 aromatic carbocycles. The van der Waals surface area contributed by atoms with Crippen LogP contribution >= 0.6 is 12.2 Å². The summed E-state index contributed by atoms with van der Waals surface area (Å²) in [6.45, 7) is 2.83. The van der Waals surface area contributed by atoms with Gasteiger partial charge in [-0.15, -0.1) is 5.92 Å². The summed E-state index contributed by atoms with van der Waals surface area (Å²) >= 11 is 5.18. The van der Waals surface area contributed by atoms with Crippen LogP contribution in [0.1, 0.15) is 19.0 Å². The van der Waals surface area contributed by atoms with Crippen LogP contribution in [0.3, 0.4) is 0 Å². The van der Waals surface area contributed by atoms with Gasteiger partial charge in [-0.1, -0.05) is 18.1 Å². The largest absolute Gasteiger partial charge is 0.394 e. The Balaban J connectivity index is 2.20. The molecule has 122 valence electrons. The van der Waals surface area contributed by atoms with Gasteiger partial charge in [0.25, 0.3) is 0 Å². The lowest BCUT2D eigenvalue weighted by Gasteiger charge is -2.26. The van der Waals surface area contributed by atoms with Gasteiger partial charge in [-0.05, 0) is 13.8 Å². The highest BCUT2D eigenvalue weighted by Gasteiger charge is 2.55. The molecule has 4 atom stereocenters. The Morgan fingerprint density at radius 3 is 2.96 bits per heavy atom. The molecule has 1 saturated heterocycles. The average Bonchev–Trinajstić information content (AvgIpc) is 3.01. The van der Waals surface area contributed by atoms with E-state index in [2.05, 4.69) is 26.8 Å². The number of rotatable bonds is 2. The number of nitrogens with one attached hydrogen (secondary N) is 1. The van der Waals surface area contributed by atoms with E-state index in [0.29, 0.717) is 21.6 Å². The number of hydrogen-bond donors (Lipinski definition) is 4. The molecule has 0 aliphatic carbocycles. The van der Waals surface area contributed by atoms with Gasteiger partial charge in [-0.25, -0.2) is 9.97 Å². The van der Waals surface area contributed by atoms with Gasteiger partial charge in [-0.2, -0.15) is 0 Å². The highest BCUT2D eigenvalue weighted by molar-refractivity contribution is 7.71. The lowest BCUT2D eigenvalue weighted by atomic mass is 9.94. The van der Waals surface area contributed by atoms with Crippen LogP contribution in [0.15, 0.2) is 6.33 Å². The third-order valence-corrected chi connectivity index (χ3v) is 4.09. The predicted octanol–water partition coefficient (Wildman–Crippen LogP) is -0.198. The first-order valence-corrected chi connectivity index (χ1v) is 7.37. The fourth-order valence-electron chi connectivity index (χ4n) is 2.75. The maximum Gasteiger partial charge on any atom is 0.199 e. The zero-order valence-electron chi connectivity index (χ0n) is 12.5. The third kappa shape index (κ3) is 2.36. The number of imidazole rings is 1. The van der Waals surface area contributed by atoms with Crippen LogP contribution in [0.25, 0.3) is 11.2 Å². The zero-order valence-corrected chi connectivity index (χ0v) is 13.3. The molecule has 4 N–H and O–H groups in total. The Bertz CT molecular complexity index is 867. The van der Waals surface area contributed by atoms with Crippen molar-refractivity contribution in [3.8, 4) is 11.8 Å². The molecule has 9 heteroatoms. The molecule has 1 fully saturated rings. The van der Waals surface area contributed by atoms with Gasteiger partial charge < -0.3 is 25.0 Å². The third-order valence-electron chi connectivity index (χ3n) is 3.81. The second-order valence-corrected chi connectivity index (χ2v) is 5.72. The molecule has 1 unspecified atom stereocenters. The van der Waals surface area contributed by atoms with E-state index in [4.69, 9.17) is 17.0 Å². The number of ether oxygens (including phenoxy) is 1. The quantitative estimate of drug-likeness (QED) is 0.443. The average molecular weight is 336 g/mol. The van der Waals surface area contributed by atoms with E-state index in [1.54, 1.807) is 13.8 Å². The maximum absolute atomic E-state index is 10.8. The standard InChI is InChI=1S/C14H16N4O4S/c1-3-4-14(21)10(20)8(5-19)22-13(14)18-6-15-9-11(18)16-7(2)17-12(9)23/h6,8,10,13,19-21H,5H2,1-2H3,(H,16,17,23)/t8-,10+,13-,14?/m1/s1. The van der Waals surface area contributed by atoms with Crippen molar-refractivity contribution in [2.45, 2.75) is 37.9 Å². The SMILES string of the molecule is CC#CC1(O)[C@@H](O)[C@@H](CO)O[C@H]1n1cnc2c(=S)nc(C)[nH]c21. The Kier molecular flexibility index (Phi) is 3.95. The molecular weight excluding hydrogens is 320 g/mol. The van der Waals surface area contributed by atoms with Crippen LogP contribution in [0.2, 0.25) is 0 Å². The lowest BCUT2D eigenvalue weighted by molar-refractivity contribution is -0.0722. The first-order chi connectivity index (χ1) is 10.9. The van der Waals surface area contributed by atoms with Crippen LogP contribution in [0, 0.1) is 23.4 Å². The van der Waals surface area contributed by atoms with Crippen molar-refractivity contribution < 1.29 is 20.1 Å². The van der Waals surface area contributed by atoms with Crippen molar-refractivity contribution in [2.75, 3.05) is 6.61 Å². The molecular formula is C14H16N4O4S. The van der Waals surface area contributed by atoms with Crippen molar-refractivity contribution >= 4 is 23.4 Å². The molecule has 0 amide bonds. The van der Waals surface area contributed by atoms with Crippen LogP contribution in [0.4, 0.5) is 0 Å². The van der Waals surface area contributed by atoms with Gasteiger partial charge in [0.2, 0.25) is 0 Å². The molecule has 0 bridgehead atoms. The van der Waals surface area contributed by atoms with E-state index in [1.165, 1.54) is 10.9 Å². The molecule has 1 aliphatic rings. The van der Waals surface area contributed by atoms with E-state index < -0.39 is 30.6 Å². The van der Waals surface area contributed by atoms with Crippen molar-refractivity contribution in [3.63, 3.8) is 0 Å². The molecule has 0 radical (unpaired) electrons. The first kappa shape index (κ1) is 16.0. The number of H-pyrrole nitrogens is 1. The molecule has 8 nitrogen and oxygen atoms in total. The number of aliphatic hydroxyl groups is 3. The van der Waals surface area contributed by atoms with Crippen LogP contribution < -0.4 is 0 Å². The van der Waals surface area contributed by atoms with Gasteiger partial charge >= 0.3 is 0 Å². The Morgan fingerprint density at radius 1 is 1.57 bits per heavy atom. The van der Waals surface area contributed by atoms with E-state index in [9.17, 15) is 15.3 Å². The fourth-order valence-corrected chi connectivity index (χ4v) is 3.04. The summed E-state index contributed by atoms with van der Waals surface area (Å²) in [6, 6.07) is 0. The topological polar surface area (TPSA) is 116 Å². The van der Waals surface area contributed by atoms with Crippen molar-refractivity contribution in [1.29, 1.82) is 0 Å². The second-order valence-electron chi connectivity index (χ2n) is 5.33. The smallest absolute Gasteiger partial charge is 0.199 e. The van der Waals surface area contributed by atoms with E-state index in [1.807, 2.05) is 0 Å². The number of aliphatic hydroxyl groups excluding tert-OH is 2. The molecule has 3 rings (SSSR count). The van der Waals surface area contributed by atoms with Gasteiger partial charge in [-0.3, -0.25) is 4.57 Å². The Labute approximate surface area is 136 Å². The second kappa shape index (κ2) is 5.67. The lowest BCUT2D eigenvalue weighted by Crippen LogP contribution is -2.45. The van der Waals surface area contributed by atoms with Crippen molar-refractivity contribution in [1.82, 2.24) is 19.5 Å². The van der Waals surface area contributed by atoms with Gasteiger partial charge in [0, 0.05) is 0 Å². The number of aryl methyl sites for hydroxylation is 1. The number of nitrogens with zero attached hydrogens (tertiary/aromatic N) is 3. The monoisotopic (exact) mass is 336 g/mol. The normalized spacial score (nSPS) is 30.4. The summed E-state index contributed by atoms with van der Waals surface area (Å²) in [5.41, 5.74) is -0.944. The molecule has 23 heavy (non-hydrogen) atoms. The highest BCUT2D eigenvalue weighted by atomic mass is 32.1. The summed E-state index contributed by atoms with van der Waals surface area (Å²) < 4.78 is 7.44. The molecule has 2 aromatic rings. The highest BCUT2D eigenvalue weighted by Crippen LogP contribution is 2.39. The van der Waals surface area contributed by atoms with E-state index in [0.717, 1.165) is 0 Å². The molecule has 1 aliphatic heterocycles. The number of hydrogen-bond acceptors (Lipinski definition) is 7. The summed E-state index contributed by atoms with van der Waals surface area (Å²) in [5, 5.41) is 30.5. The number of fused-ring (bicyclic) bond motifs is 1.